The second kappa shape index (κ2) is 11.8. The van der Waals surface area contributed by atoms with Crippen molar-refractivity contribution in [2.45, 2.75) is 45.7 Å². The van der Waals surface area contributed by atoms with Crippen LogP contribution in [0.1, 0.15) is 57.6 Å². The molecule has 4 rings (SSSR count). The first-order valence-electron chi connectivity index (χ1n) is 12.2. The van der Waals surface area contributed by atoms with Gasteiger partial charge in [0.15, 0.2) is 5.82 Å². The van der Waals surface area contributed by atoms with E-state index in [0.717, 1.165) is 10.7 Å². The first kappa shape index (κ1) is 31.7. The van der Waals surface area contributed by atoms with Crippen molar-refractivity contribution < 1.29 is 35.9 Å². The van der Waals surface area contributed by atoms with Crippen LogP contribution in [0.15, 0.2) is 36.5 Å². The molecule has 3 aromatic heterocycles. The maximum atomic E-state index is 13.6. The molecular weight excluding hydrogens is 629 g/mol. The number of rotatable bonds is 7. The maximum absolute atomic E-state index is 13.6. The average Bonchev–Trinajstić information content (AvgIpc) is 3.50. The van der Waals surface area contributed by atoms with Gasteiger partial charge in [-0.25, -0.2) is 14.3 Å². The number of alkyl halides is 6. The van der Waals surface area contributed by atoms with Gasteiger partial charge in [0.2, 0.25) is 5.82 Å². The third-order valence-corrected chi connectivity index (χ3v) is 6.14. The van der Waals surface area contributed by atoms with Crippen LogP contribution in [0.5, 0.6) is 0 Å². The Morgan fingerprint density at radius 2 is 1.70 bits per heavy atom. The molecule has 2 amide bonds. The molecule has 0 bridgehead atoms. The molecule has 0 aliphatic rings. The van der Waals surface area contributed by atoms with Gasteiger partial charge >= 0.3 is 12.4 Å². The Morgan fingerprint density at radius 1 is 1.00 bits per heavy atom. The topological polar surface area (TPSA) is 120 Å². The standard InChI is InChI=1S/C25H20Cl2F6N8O2/c1-11(2)35-20(42)15-8-13(26)7-12(3)18(15)36-21(43)17-9-14(38-41(17)19-16(27)5-4-6-34-19)10-40-23(25(31,32)33)37-22(39-40)24(28,29)30/h4-9,11H,10H2,1-3H3,(H,35,42)(H,36,43). The number of nitrogens with one attached hydrogen (secondary N) is 2. The molecule has 0 aliphatic heterocycles. The summed E-state index contributed by atoms with van der Waals surface area (Å²) < 4.78 is 80.9. The van der Waals surface area contributed by atoms with Gasteiger partial charge in [-0.1, -0.05) is 23.2 Å². The molecule has 0 saturated carbocycles. The van der Waals surface area contributed by atoms with Gasteiger partial charge < -0.3 is 10.6 Å². The Kier molecular flexibility index (Phi) is 8.74. The van der Waals surface area contributed by atoms with Crippen molar-refractivity contribution in [1.82, 2.24) is 34.8 Å². The van der Waals surface area contributed by atoms with E-state index in [1.807, 2.05) is 0 Å². The lowest BCUT2D eigenvalue weighted by molar-refractivity contribution is -0.150. The molecular formula is C25H20Cl2F6N8O2. The summed E-state index contributed by atoms with van der Waals surface area (Å²) in [6, 6.07) is 6.46. The normalized spacial score (nSPS) is 12.1. The van der Waals surface area contributed by atoms with E-state index in [-0.39, 0.29) is 49.2 Å². The second-order valence-corrected chi connectivity index (χ2v) is 10.2. The third kappa shape index (κ3) is 7.07. The SMILES string of the molecule is Cc1cc(Cl)cc(C(=O)NC(C)C)c1NC(=O)c1cc(Cn2nc(C(F)(F)F)nc2C(F)(F)F)nn1-c1ncccc1Cl. The molecule has 10 nitrogen and oxygen atoms in total. The number of carbonyl (C=O) groups excluding carboxylic acids is 2. The fourth-order valence-corrected chi connectivity index (χ4v) is 4.38. The van der Waals surface area contributed by atoms with E-state index in [2.05, 4.69) is 30.8 Å². The summed E-state index contributed by atoms with van der Waals surface area (Å²) >= 11 is 12.4. The number of amides is 2. The first-order valence-corrected chi connectivity index (χ1v) is 12.9. The smallest absolute Gasteiger partial charge is 0.350 e. The Bertz CT molecular complexity index is 1700. The van der Waals surface area contributed by atoms with Crippen LogP contribution >= 0.6 is 23.2 Å². The number of benzene rings is 1. The summed E-state index contributed by atoms with van der Waals surface area (Å²) in [5, 5.41) is 12.6. The molecule has 0 saturated heterocycles. The molecule has 4 aromatic rings. The van der Waals surface area contributed by atoms with Gasteiger partial charge in [-0.15, -0.1) is 5.10 Å². The van der Waals surface area contributed by atoms with Crippen LogP contribution in [0.3, 0.4) is 0 Å². The summed E-state index contributed by atoms with van der Waals surface area (Å²) in [6.45, 7) is 4.06. The minimum absolute atomic E-state index is 0.0121. The molecule has 1 aromatic carbocycles. The molecule has 3 heterocycles. The zero-order chi connectivity index (χ0) is 31.9. The summed E-state index contributed by atoms with van der Waals surface area (Å²) in [7, 11) is 0. The van der Waals surface area contributed by atoms with Crippen LogP contribution in [0.4, 0.5) is 32.0 Å². The summed E-state index contributed by atoms with van der Waals surface area (Å²) in [5.41, 5.74) is -0.161. The predicted octanol–water partition coefficient (Wildman–Crippen LogP) is 5.95. The number of anilines is 1. The van der Waals surface area contributed by atoms with Crippen molar-refractivity contribution in [2.24, 2.45) is 0 Å². The van der Waals surface area contributed by atoms with Crippen LogP contribution in [-0.4, -0.2) is 47.4 Å². The predicted molar refractivity (Wildman–Crippen MR) is 142 cm³/mol. The second-order valence-electron chi connectivity index (χ2n) is 9.38. The van der Waals surface area contributed by atoms with Gasteiger partial charge in [0.1, 0.15) is 5.69 Å². The number of carbonyl (C=O) groups is 2. The van der Waals surface area contributed by atoms with Gasteiger partial charge in [-0.05, 0) is 56.7 Å². The molecule has 0 radical (unpaired) electrons. The van der Waals surface area contributed by atoms with E-state index in [9.17, 15) is 35.9 Å². The molecule has 0 spiro atoms. The third-order valence-electron chi connectivity index (χ3n) is 5.63. The summed E-state index contributed by atoms with van der Waals surface area (Å²) in [6.07, 6.45) is -9.24. The molecule has 0 aliphatic carbocycles. The van der Waals surface area contributed by atoms with E-state index in [1.54, 1.807) is 20.8 Å². The Morgan fingerprint density at radius 3 is 2.30 bits per heavy atom. The van der Waals surface area contributed by atoms with E-state index in [1.165, 1.54) is 30.5 Å². The van der Waals surface area contributed by atoms with Crippen molar-refractivity contribution in [1.29, 1.82) is 0 Å². The lowest BCUT2D eigenvalue weighted by atomic mass is 10.1. The Balaban J connectivity index is 1.81. The summed E-state index contributed by atoms with van der Waals surface area (Å²) in [5.74, 6) is -5.50. The Labute approximate surface area is 249 Å². The van der Waals surface area contributed by atoms with Gasteiger partial charge in [-0.3, -0.25) is 9.59 Å². The lowest BCUT2D eigenvalue weighted by Gasteiger charge is -2.16. The van der Waals surface area contributed by atoms with Crippen LogP contribution in [0, 0.1) is 6.92 Å². The highest BCUT2D eigenvalue weighted by atomic mass is 35.5. The van der Waals surface area contributed by atoms with Gasteiger partial charge in [-0.2, -0.15) is 36.4 Å². The number of pyridine rings is 1. The minimum atomic E-state index is -5.29. The van der Waals surface area contributed by atoms with Crippen LogP contribution in [0.2, 0.25) is 10.0 Å². The van der Waals surface area contributed by atoms with Crippen LogP contribution in [0.25, 0.3) is 5.82 Å². The minimum Gasteiger partial charge on any atom is -0.350 e. The van der Waals surface area contributed by atoms with E-state index < -0.39 is 42.4 Å². The molecule has 0 unspecified atom stereocenters. The van der Waals surface area contributed by atoms with Gasteiger partial charge in [0, 0.05) is 17.3 Å². The zero-order valence-corrected chi connectivity index (χ0v) is 23.8. The Hall–Kier alpha value is -4.18. The highest BCUT2D eigenvalue weighted by molar-refractivity contribution is 6.32. The quantitative estimate of drug-likeness (QED) is 0.239. The number of hydrogen-bond donors (Lipinski definition) is 2. The molecule has 228 valence electrons. The highest BCUT2D eigenvalue weighted by Crippen LogP contribution is 2.33. The fraction of sp³-hybridized carbons (Fsp3) is 0.280. The number of aromatic nitrogens is 6. The van der Waals surface area contributed by atoms with Crippen LogP contribution < -0.4 is 10.6 Å². The average molecular weight is 649 g/mol. The zero-order valence-electron chi connectivity index (χ0n) is 22.3. The number of hydrogen-bond acceptors (Lipinski definition) is 6. The maximum Gasteiger partial charge on any atom is 0.453 e. The fourth-order valence-electron chi connectivity index (χ4n) is 3.91. The van der Waals surface area contributed by atoms with E-state index in [0.29, 0.717) is 5.56 Å². The van der Waals surface area contributed by atoms with Crippen LogP contribution in [-0.2, 0) is 18.9 Å². The molecule has 18 heteroatoms. The highest BCUT2D eigenvalue weighted by Gasteiger charge is 2.44. The molecule has 2 N–H and O–H groups in total. The molecule has 0 atom stereocenters. The number of aryl methyl sites for hydroxylation is 1. The van der Waals surface area contributed by atoms with E-state index >= 15 is 0 Å². The molecule has 43 heavy (non-hydrogen) atoms. The summed E-state index contributed by atoms with van der Waals surface area (Å²) in [4.78, 5) is 33.2. The lowest BCUT2D eigenvalue weighted by Crippen LogP contribution is -2.31. The monoisotopic (exact) mass is 648 g/mol. The largest absolute Gasteiger partial charge is 0.453 e. The molecule has 0 fully saturated rings. The van der Waals surface area contributed by atoms with Crippen molar-refractivity contribution in [3.63, 3.8) is 0 Å². The number of nitrogens with zero attached hydrogens (tertiary/aromatic N) is 6. The van der Waals surface area contributed by atoms with Gasteiger partial charge in [0.25, 0.3) is 17.6 Å². The van der Waals surface area contributed by atoms with Crippen molar-refractivity contribution in [3.05, 3.63) is 80.7 Å². The number of halogens is 8. The van der Waals surface area contributed by atoms with Crippen molar-refractivity contribution in [3.8, 4) is 5.82 Å². The van der Waals surface area contributed by atoms with Gasteiger partial charge in [0.05, 0.1) is 28.5 Å². The van der Waals surface area contributed by atoms with Crippen molar-refractivity contribution >= 4 is 40.7 Å². The first-order chi connectivity index (χ1) is 20.0. The van der Waals surface area contributed by atoms with E-state index in [4.69, 9.17) is 23.2 Å². The van der Waals surface area contributed by atoms with Crippen molar-refractivity contribution in [2.75, 3.05) is 5.32 Å².